The van der Waals surface area contributed by atoms with E-state index in [4.69, 9.17) is 14.2 Å². The van der Waals surface area contributed by atoms with E-state index in [1.807, 2.05) is 0 Å². The molecule has 0 aromatic rings. The quantitative estimate of drug-likeness (QED) is 0.0262. The van der Waals surface area contributed by atoms with Crippen LogP contribution in [0, 0.1) is 0 Å². The van der Waals surface area contributed by atoms with Crippen LogP contribution in [0.15, 0.2) is 24.3 Å². The van der Waals surface area contributed by atoms with E-state index in [2.05, 4.69) is 45.1 Å². The lowest BCUT2D eigenvalue weighted by Crippen LogP contribution is -2.30. The third-order valence-electron chi connectivity index (χ3n) is 12.9. The van der Waals surface area contributed by atoms with Crippen molar-refractivity contribution in [1.29, 1.82) is 0 Å². The standard InChI is InChI=1S/C59H110O6/c1-4-7-10-13-16-19-22-24-25-26-27-28-29-30-31-32-33-35-37-40-43-46-49-52-58(61)64-55-56(54-63-57(60)51-48-45-42-39-36-21-18-15-12-9-6-3)65-59(62)53-50-47-44-41-38-34-23-20-17-14-11-8-5-2/h20,23,26-27,56H,4-19,21-22,24-25,28-55H2,1-3H3/b23-20-,27-26-. The molecule has 6 heteroatoms. The van der Waals surface area contributed by atoms with Crippen LogP contribution in [0.4, 0.5) is 0 Å². The molecular formula is C59H110O6. The van der Waals surface area contributed by atoms with Crippen LogP contribution < -0.4 is 0 Å². The van der Waals surface area contributed by atoms with Crippen LogP contribution in [0.5, 0.6) is 0 Å². The van der Waals surface area contributed by atoms with Crippen molar-refractivity contribution < 1.29 is 28.6 Å². The summed E-state index contributed by atoms with van der Waals surface area (Å²) in [5.74, 6) is -0.864. The van der Waals surface area contributed by atoms with Crippen molar-refractivity contribution in [2.24, 2.45) is 0 Å². The van der Waals surface area contributed by atoms with Gasteiger partial charge in [-0.2, -0.15) is 0 Å². The van der Waals surface area contributed by atoms with Crippen molar-refractivity contribution >= 4 is 17.9 Å². The van der Waals surface area contributed by atoms with Crippen molar-refractivity contribution in [3.8, 4) is 0 Å². The second kappa shape index (κ2) is 54.5. The SMILES string of the molecule is CCCCCC/C=C\CCCCCCCC(=O)OC(COC(=O)CCCCCCCCCCCCC)COC(=O)CCCCCCCCCCCCC/C=C\CCCCCCCCCC. The molecular weight excluding hydrogens is 805 g/mol. The van der Waals surface area contributed by atoms with Gasteiger partial charge in [0.15, 0.2) is 6.10 Å². The molecule has 0 amide bonds. The molecule has 0 heterocycles. The molecule has 0 aliphatic carbocycles. The minimum Gasteiger partial charge on any atom is -0.462 e. The Labute approximate surface area is 404 Å². The fraction of sp³-hybridized carbons (Fsp3) is 0.881. The first-order valence-electron chi connectivity index (χ1n) is 28.8. The minimum atomic E-state index is -0.771. The predicted molar refractivity (Wildman–Crippen MR) is 279 cm³/mol. The van der Waals surface area contributed by atoms with Gasteiger partial charge >= 0.3 is 17.9 Å². The van der Waals surface area contributed by atoms with E-state index in [0.717, 1.165) is 64.2 Å². The number of carbonyl (C=O) groups is 3. The second-order valence-electron chi connectivity index (χ2n) is 19.6. The molecule has 1 atom stereocenters. The number of unbranched alkanes of at least 4 members (excludes halogenated alkanes) is 38. The maximum absolute atomic E-state index is 12.8. The fourth-order valence-electron chi connectivity index (χ4n) is 8.55. The lowest BCUT2D eigenvalue weighted by atomic mass is 10.0. The zero-order valence-electron chi connectivity index (χ0n) is 43.8. The van der Waals surface area contributed by atoms with Gasteiger partial charge in [0.1, 0.15) is 13.2 Å². The fourth-order valence-corrected chi connectivity index (χ4v) is 8.55. The molecule has 0 aliphatic heterocycles. The molecule has 0 aliphatic rings. The molecule has 0 radical (unpaired) electrons. The number of rotatable bonds is 53. The Morgan fingerprint density at radius 2 is 0.508 bits per heavy atom. The molecule has 0 aromatic carbocycles. The summed E-state index contributed by atoms with van der Waals surface area (Å²) < 4.78 is 16.8. The summed E-state index contributed by atoms with van der Waals surface area (Å²) in [6, 6.07) is 0. The van der Waals surface area contributed by atoms with Gasteiger partial charge in [0.25, 0.3) is 0 Å². The zero-order valence-corrected chi connectivity index (χ0v) is 43.8. The van der Waals surface area contributed by atoms with E-state index in [-0.39, 0.29) is 31.1 Å². The number of esters is 3. The number of ether oxygens (including phenoxy) is 3. The number of hydrogen-bond donors (Lipinski definition) is 0. The van der Waals surface area contributed by atoms with Crippen LogP contribution in [-0.4, -0.2) is 37.2 Å². The zero-order chi connectivity index (χ0) is 47.2. The number of carbonyl (C=O) groups excluding carboxylic acids is 3. The van der Waals surface area contributed by atoms with Gasteiger partial charge in [-0.25, -0.2) is 0 Å². The van der Waals surface area contributed by atoms with Gasteiger partial charge in [0, 0.05) is 19.3 Å². The Hall–Kier alpha value is -2.11. The molecule has 382 valence electrons. The van der Waals surface area contributed by atoms with E-state index in [9.17, 15) is 14.4 Å². The Kier molecular flexibility index (Phi) is 52.7. The first-order valence-corrected chi connectivity index (χ1v) is 28.8. The van der Waals surface area contributed by atoms with Crippen LogP contribution in [0.2, 0.25) is 0 Å². The Morgan fingerprint density at radius 3 is 0.785 bits per heavy atom. The lowest BCUT2D eigenvalue weighted by Gasteiger charge is -2.18. The van der Waals surface area contributed by atoms with Gasteiger partial charge in [-0.3, -0.25) is 14.4 Å². The molecule has 0 fully saturated rings. The van der Waals surface area contributed by atoms with Gasteiger partial charge in [-0.1, -0.05) is 251 Å². The average molecular weight is 916 g/mol. The summed E-state index contributed by atoms with van der Waals surface area (Å²) in [6.07, 6.45) is 63.2. The molecule has 6 nitrogen and oxygen atoms in total. The summed E-state index contributed by atoms with van der Waals surface area (Å²) in [5, 5.41) is 0. The molecule has 0 saturated heterocycles. The van der Waals surface area contributed by atoms with Crippen LogP contribution in [0.25, 0.3) is 0 Å². The van der Waals surface area contributed by atoms with Crippen LogP contribution in [-0.2, 0) is 28.6 Å². The van der Waals surface area contributed by atoms with E-state index in [1.165, 1.54) is 212 Å². The highest BCUT2D eigenvalue weighted by molar-refractivity contribution is 5.71. The molecule has 0 saturated carbocycles. The molecule has 0 spiro atoms. The number of allylic oxidation sites excluding steroid dienone is 4. The topological polar surface area (TPSA) is 78.9 Å². The van der Waals surface area contributed by atoms with Crippen LogP contribution in [0.3, 0.4) is 0 Å². The second-order valence-corrected chi connectivity index (χ2v) is 19.6. The molecule has 0 N–H and O–H groups in total. The van der Waals surface area contributed by atoms with Crippen LogP contribution in [0.1, 0.15) is 316 Å². The van der Waals surface area contributed by atoms with E-state index >= 15 is 0 Å². The molecule has 1 unspecified atom stereocenters. The summed E-state index contributed by atoms with van der Waals surface area (Å²) in [4.78, 5) is 38.0. The highest BCUT2D eigenvalue weighted by atomic mass is 16.6. The first kappa shape index (κ1) is 62.9. The summed E-state index contributed by atoms with van der Waals surface area (Å²) in [7, 11) is 0. The van der Waals surface area contributed by atoms with Gasteiger partial charge in [0.2, 0.25) is 0 Å². The smallest absolute Gasteiger partial charge is 0.306 e. The number of hydrogen-bond acceptors (Lipinski definition) is 6. The molecule has 0 bridgehead atoms. The van der Waals surface area contributed by atoms with Crippen molar-refractivity contribution in [3.05, 3.63) is 24.3 Å². The van der Waals surface area contributed by atoms with E-state index < -0.39 is 6.10 Å². The Bertz CT molecular complexity index is 1050. The van der Waals surface area contributed by atoms with Gasteiger partial charge in [-0.05, 0) is 70.6 Å². The van der Waals surface area contributed by atoms with Crippen molar-refractivity contribution in [1.82, 2.24) is 0 Å². The van der Waals surface area contributed by atoms with Crippen LogP contribution >= 0.6 is 0 Å². The Balaban J connectivity index is 4.21. The maximum Gasteiger partial charge on any atom is 0.306 e. The summed E-state index contributed by atoms with van der Waals surface area (Å²) in [6.45, 7) is 6.65. The summed E-state index contributed by atoms with van der Waals surface area (Å²) >= 11 is 0. The average Bonchev–Trinajstić information content (AvgIpc) is 3.30. The molecule has 65 heavy (non-hydrogen) atoms. The third kappa shape index (κ3) is 52.7. The highest BCUT2D eigenvalue weighted by Gasteiger charge is 2.19. The molecule has 0 aromatic heterocycles. The third-order valence-corrected chi connectivity index (χ3v) is 12.9. The van der Waals surface area contributed by atoms with Crippen molar-refractivity contribution in [3.63, 3.8) is 0 Å². The normalized spacial score (nSPS) is 12.1. The minimum absolute atomic E-state index is 0.0706. The predicted octanol–water partition coefficient (Wildman–Crippen LogP) is 19.1. The van der Waals surface area contributed by atoms with Gasteiger partial charge in [-0.15, -0.1) is 0 Å². The lowest BCUT2D eigenvalue weighted by molar-refractivity contribution is -0.167. The van der Waals surface area contributed by atoms with Gasteiger partial charge < -0.3 is 14.2 Å². The Morgan fingerprint density at radius 1 is 0.292 bits per heavy atom. The summed E-state index contributed by atoms with van der Waals surface area (Å²) in [5.41, 5.74) is 0. The van der Waals surface area contributed by atoms with E-state index in [0.29, 0.717) is 19.3 Å². The van der Waals surface area contributed by atoms with Crippen molar-refractivity contribution in [2.75, 3.05) is 13.2 Å². The van der Waals surface area contributed by atoms with Gasteiger partial charge in [0.05, 0.1) is 0 Å². The highest BCUT2D eigenvalue weighted by Crippen LogP contribution is 2.16. The molecule has 0 rings (SSSR count). The monoisotopic (exact) mass is 915 g/mol. The first-order chi connectivity index (χ1) is 32.0. The van der Waals surface area contributed by atoms with Crippen molar-refractivity contribution in [2.45, 2.75) is 322 Å². The van der Waals surface area contributed by atoms with E-state index in [1.54, 1.807) is 0 Å². The largest absolute Gasteiger partial charge is 0.462 e. The maximum atomic E-state index is 12.8.